The lowest BCUT2D eigenvalue weighted by atomic mass is 9.89. The summed E-state index contributed by atoms with van der Waals surface area (Å²) in [6.45, 7) is 0. The third-order valence-electron chi connectivity index (χ3n) is 4.72. The highest BCUT2D eigenvalue weighted by atomic mass is 32.1. The number of rotatable bonds is 2. The van der Waals surface area contributed by atoms with Crippen LogP contribution in [0.4, 0.5) is 4.39 Å². The molecule has 0 saturated carbocycles. The van der Waals surface area contributed by atoms with Gasteiger partial charge in [0, 0.05) is 11.1 Å². The normalized spacial score (nSPS) is 16.4. The van der Waals surface area contributed by atoms with Gasteiger partial charge in [0.25, 0.3) is 0 Å². The first-order valence-electron chi connectivity index (χ1n) is 8.50. The van der Waals surface area contributed by atoms with Crippen molar-refractivity contribution in [1.29, 1.82) is 0 Å². The van der Waals surface area contributed by atoms with Gasteiger partial charge in [0.1, 0.15) is 5.75 Å². The van der Waals surface area contributed by atoms with E-state index in [0.717, 1.165) is 32.5 Å². The molecule has 2 heterocycles. The Bertz CT molecular complexity index is 1110. The van der Waals surface area contributed by atoms with Crippen molar-refractivity contribution in [2.24, 2.45) is 0 Å². The number of thiophene rings is 1. The molecule has 1 aliphatic heterocycles. The van der Waals surface area contributed by atoms with E-state index in [4.69, 9.17) is 4.74 Å². The molecule has 0 aliphatic carbocycles. The largest absolute Gasteiger partial charge is 0.477 e. The minimum absolute atomic E-state index is 0.234. The predicted octanol–water partition coefficient (Wildman–Crippen LogP) is 6.76. The minimum Gasteiger partial charge on any atom is -0.477 e. The van der Waals surface area contributed by atoms with Crippen LogP contribution in [0.5, 0.6) is 5.75 Å². The second-order valence-corrected chi connectivity index (χ2v) is 7.24. The van der Waals surface area contributed by atoms with E-state index in [1.165, 1.54) is 11.3 Å². The molecule has 1 nitrogen and oxygen atoms in total. The third-order valence-corrected chi connectivity index (χ3v) is 5.63. The van der Waals surface area contributed by atoms with Crippen LogP contribution in [0.15, 0.2) is 90.1 Å². The lowest BCUT2D eigenvalue weighted by molar-refractivity contribution is 0.210. The molecule has 5 rings (SSSR count). The summed E-state index contributed by atoms with van der Waals surface area (Å²) < 4.78 is 21.9. The van der Waals surface area contributed by atoms with Gasteiger partial charge in [-0.25, -0.2) is 4.39 Å². The molecule has 1 aromatic heterocycles. The molecule has 1 aliphatic rings. The molecule has 1 atom stereocenters. The molecule has 4 aromatic rings. The average Bonchev–Trinajstić information content (AvgIpc) is 3.22. The maximum absolute atomic E-state index is 15.7. The van der Waals surface area contributed by atoms with Crippen molar-refractivity contribution in [3.05, 3.63) is 106 Å². The molecular formula is C23H15FOS. The summed E-state index contributed by atoms with van der Waals surface area (Å²) in [7, 11) is 0. The fraction of sp³-hybridized carbons (Fsp3) is 0.0435. The first-order chi connectivity index (χ1) is 12.8. The monoisotopic (exact) mass is 358 g/mol. The molecule has 126 valence electrons. The van der Waals surface area contributed by atoms with Gasteiger partial charge >= 0.3 is 0 Å². The summed E-state index contributed by atoms with van der Waals surface area (Å²) in [5.74, 6) is 0.491. The lowest BCUT2D eigenvalue weighted by Crippen LogP contribution is -2.15. The maximum atomic E-state index is 15.7. The van der Waals surface area contributed by atoms with Crippen LogP contribution < -0.4 is 4.74 Å². The van der Waals surface area contributed by atoms with Crippen molar-refractivity contribution in [1.82, 2.24) is 0 Å². The van der Waals surface area contributed by atoms with Crippen LogP contribution in [0.25, 0.3) is 16.3 Å². The molecule has 0 N–H and O–H groups in total. The Balaban J connectivity index is 1.84. The summed E-state index contributed by atoms with van der Waals surface area (Å²) >= 11 is 1.51. The maximum Gasteiger partial charge on any atom is 0.185 e. The zero-order chi connectivity index (χ0) is 17.5. The Morgan fingerprint density at radius 2 is 1.62 bits per heavy atom. The molecule has 0 bridgehead atoms. The second-order valence-electron chi connectivity index (χ2n) is 6.26. The van der Waals surface area contributed by atoms with Gasteiger partial charge in [-0.1, -0.05) is 66.7 Å². The SMILES string of the molecule is FC1=C(c2ccccc2)c2c(ccc3ccccc23)OC1c1cccs1. The van der Waals surface area contributed by atoms with Gasteiger partial charge in [-0.15, -0.1) is 11.3 Å². The first kappa shape index (κ1) is 15.4. The van der Waals surface area contributed by atoms with E-state index in [0.29, 0.717) is 5.57 Å². The quantitative estimate of drug-likeness (QED) is 0.384. The molecule has 26 heavy (non-hydrogen) atoms. The first-order valence-corrected chi connectivity index (χ1v) is 9.38. The highest BCUT2D eigenvalue weighted by Crippen LogP contribution is 2.48. The van der Waals surface area contributed by atoms with Crippen LogP contribution in [0, 0.1) is 0 Å². The van der Waals surface area contributed by atoms with Crippen molar-refractivity contribution < 1.29 is 9.13 Å². The van der Waals surface area contributed by atoms with Gasteiger partial charge in [-0.3, -0.25) is 0 Å². The van der Waals surface area contributed by atoms with Gasteiger partial charge < -0.3 is 4.74 Å². The van der Waals surface area contributed by atoms with Gasteiger partial charge in [-0.2, -0.15) is 0 Å². The molecule has 0 spiro atoms. The molecule has 3 heteroatoms. The van der Waals surface area contributed by atoms with Crippen molar-refractivity contribution in [2.75, 3.05) is 0 Å². The van der Waals surface area contributed by atoms with Crippen molar-refractivity contribution >= 4 is 27.7 Å². The molecular weight excluding hydrogens is 343 g/mol. The molecule has 0 saturated heterocycles. The fourth-order valence-corrected chi connectivity index (χ4v) is 4.29. The summed E-state index contributed by atoms with van der Waals surface area (Å²) in [5, 5.41) is 4.03. The Morgan fingerprint density at radius 3 is 2.42 bits per heavy atom. The Morgan fingerprint density at radius 1 is 0.808 bits per heavy atom. The Kier molecular flexibility index (Phi) is 3.61. The van der Waals surface area contributed by atoms with Gasteiger partial charge in [-0.05, 0) is 33.8 Å². The van der Waals surface area contributed by atoms with E-state index in [1.54, 1.807) is 0 Å². The van der Waals surface area contributed by atoms with Crippen LogP contribution >= 0.6 is 11.3 Å². The van der Waals surface area contributed by atoms with Crippen LogP contribution in [0.3, 0.4) is 0 Å². The number of hydrogen-bond donors (Lipinski definition) is 0. The van der Waals surface area contributed by atoms with E-state index < -0.39 is 6.10 Å². The smallest absolute Gasteiger partial charge is 0.185 e. The summed E-state index contributed by atoms with van der Waals surface area (Å²) in [6, 6.07) is 25.6. The van der Waals surface area contributed by atoms with Gasteiger partial charge in [0.15, 0.2) is 11.9 Å². The number of halogens is 1. The van der Waals surface area contributed by atoms with Crippen LogP contribution in [-0.4, -0.2) is 0 Å². The standard InChI is InChI=1S/C23H15FOS/c24-22-20(16-8-2-1-3-9-16)21-17-10-5-4-7-15(17)12-13-18(21)25-23(22)19-11-6-14-26-19/h1-14,23H. The predicted molar refractivity (Wildman–Crippen MR) is 105 cm³/mol. The Hall–Kier alpha value is -2.91. The van der Waals surface area contributed by atoms with E-state index in [-0.39, 0.29) is 5.83 Å². The zero-order valence-corrected chi connectivity index (χ0v) is 14.7. The van der Waals surface area contributed by atoms with Crippen LogP contribution in [0.2, 0.25) is 0 Å². The van der Waals surface area contributed by atoms with Crippen molar-refractivity contribution in [3.63, 3.8) is 0 Å². The van der Waals surface area contributed by atoms with Crippen molar-refractivity contribution in [2.45, 2.75) is 6.10 Å². The summed E-state index contributed by atoms with van der Waals surface area (Å²) in [6.07, 6.45) is -0.695. The minimum atomic E-state index is -0.695. The average molecular weight is 358 g/mol. The number of ether oxygens (including phenoxy) is 1. The number of benzene rings is 3. The Labute approximate surface area is 155 Å². The molecule has 3 aromatic carbocycles. The second kappa shape index (κ2) is 6.11. The van der Waals surface area contributed by atoms with Crippen LogP contribution in [0.1, 0.15) is 22.1 Å². The van der Waals surface area contributed by atoms with E-state index in [2.05, 4.69) is 0 Å². The van der Waals surface area contributed by atoms with E-state index in [9.17, 15) is 0 Å². The van der Waals surface area contributed by atoms with E-state index >= 15 is 4.39 Å². The lowest BCUT2D eigenvalue weighted by Gasteiger charge is -2.28. The van der Waals surface area contributed by atoms with Crippen molar-refractivity contribution in [3.8, 4) is 5.75 Å². The van der Waals surface area contributed by atoms with Crippen LogP contribution in [-0.2, 0) is 0 Å². The molecule has 0 amide bonds. The van der Waals surface area contributed by atoms with Gasteiger partial charge in [0.2, 0.25) is 0 Å². The van der Waals surface area contributed by atoms with Gasteiger partial charge in [0.05, 0.1) is 4.88 Å². The summed E-state index contributed by atoms with van der Waals surface area (Å²) in [4.78, 5) is 0.870. The number of hydrogen-bond acceptors (Lipinski definition) is 2. The zero-order valence-electron chi connectivity index (χ0n) is 13.9. The molecule has 0 radical (unpaired) electrons. The summed E-state index contributed by atoms with van der Waals surface area (Å²) in [5.41, 5.74) is 2.33. The van der Waals surface area contributed by atoms with E-state index in [1.807, 2.05) is 84.2 Å². The highest BCUT2D eigenvalue weighted by molar-refractivity contribution is 7.10. The number of fused-ring (bicyclic) bond motifs is 3. The molecule has 1 unspecified atom stereocenters. The molecule has 0 fully saturated rings. The topological polar surface area (TPSA) is 9.23 Å². The fourth-order valence-electron chi connectivity index (χ4n) is 3.55. The highest BCUT2D eigenvalue weighted by Gasteiger charge is 2.32. The third kappa shape index (κ3) is 2.36.